The predicted molar refractivity (Wildman–Crippen MR) is 74.9 cm³/mol. The van der Waals surface area contributed by atoms with Crippen molar-refractivity contribution in [2.75, 3.05) is 12.3 Å². The summed E-state index contributed by atoms with van der Waals surface area (Å²) in [6.07, 6.45) is 3.25. The van der Waals surface area contributed by atoms with Crippen LogP contribution in [0.25, 0.3) is 0 Å². The van der Waals surface area contributed by atoms with Crippen LogP contribution in [-0.2, 0) is 11.3 Å². The standard InChI is InChI=1S/C14H21N3O2/c1-10-5-3-4-8-16(10)13(18)9-17-11(2)6-7-12(15)14(17)19/h6-7,10H,3-5,8-9,15H2,1-2H3/t10-/m0/s1. The fraction of sp³-hybridized carbons (Fsp3) is 0.571. The molecule has 0 saturated carbocycles. The van der Waals surface area contributed by atoms with Crippen LogP contribution < -0.4 is 11.3 Å². The van der Waals surface area contributed by atoms with Gasteiger partial charge in [-0.15, -0.1) is 0 Å². The highest BCUT2D eigenvalue weighted by Gasteiger charge is 2.23. The molecule has 1 aliphatic heterocycles. The van der Waals surface area contributed by atoms with Gasteiger partial charge in [0, 0.05) is 18.3 Å². The molecule has 2 N–H and O–H groups in total. The predicted octanol–water partition coefficient (Wildman–Crippen LogP) is 1.14. The highest BCUT2D eigenvalue weighted by molar-refractivity contribution is 5.76. The Balaban J connectivity index is 2.19. The molecule has 2 heterocycles. The molecule has 1 aromatic rings. The summed E-state index contributed by atoms with van der Waals surface area (Å²) >= 11 is 0. The van der Waals surface area contributed by atoms with Crippen LogP contribution in [0.1, 0.15) is 31.9 Å². The van der Waals surface area contributed by atoms with E-state index in [1.807, 2.05) is 11.8 Å². The lowest BCUT2D eigenvalue weighted by Crippen LogP contribution is -2.45. The van der Waals surface area contributed by atoms with E-state index < -0.39 is 0 Å². The van der Waals surface area contributed by atoms with Crippen molar-refractivity contribution < 1.29 is 4.79 Å². The average Bonchev–Trinajstić information content (AvgIpc) is 2.39. The third kappa shape index (κ3) is 2.80. The number of aryl methyl sites for hydroxylation is 1. The fourth-order valence-corrected chi connectivity index (χ4v) is 2.58. The van der Waals surface area contributed by atoms with Gasteiger partial charge in [0.15, 0.2) is 0 Å². The number of nitrogens with two attached hydrogens (primary N) is 1. The number of nitrogens with zero attached hydrogens (tertiary/aromatic N) is 2. The number of rotatable bonds is 2. The minimum absolute atomic E-state index is 0.00278. The molecule has 0 aliphatic carbocycles. The second-order valence-corrected chi connectivity index (χ2v) is 5.25. The number of piperidine rings is 1. The Morgan fingerprint density at radius 3 is 2.84 bits per heavy atom. The van der Waals surface area contributed by atoms with Crippen molar-refractivity contribution >= 4 is 11.6 Å². The van der Waals surface area contributed by atoms with Gasteiger partial charge >= 0.3 is 0 Å². The molecular formula is C14H21N3O2. The first-order chi connectivity index (χ1) is 9.00. The third-order valence-electron chi connectivity index (χ3n) is 3.84. The molecule has 0 radical (unpaired) electrons. The van der Waals surface area contributed by atoms with Crippen molar-refractivity contribution in [2.24, 2.45) is 0 Å². The summed E-state index contributed by atoms with van der Waals surface area (Å²) < 4.78 is 1.46. The number of aromatic nitrogens is 1. The zero-order valence-electron chi connectivity index (χ0n) is 11.6. The fourth-order valence-electron chi connectivity index (χ4n) is 2.58. The third-order valence-corrected chi connectivity index (χ3v) is 3.84. The molecular weight excluding hydrogens is 242 g/mol. The van der Waals surface area contributed by atoms with Crippen molar-refractivity contribution in [2.45, 2.75) is 45.7 Å². The van der Waals surface area contributed by atoms with Crippen molar-refractivity contribution in [3.05, 3.63) is 28.2 Å². The number of amides is 1. The van der Waals surface area contributed by atoms with Crippen LogP contribution in [-0.4, -0.2) is 28.0 Å². The first kappa shape index (κ1) is 13.6. The maximum absolute atomic E-state index is 12.3. The zero-order chi connectivity index (χ0) is 14.0. The number of pyridine rings is 1. The van der Waals surface area contributed by atoms with Crippen molar-refractivity contribution in [1.29, 1.82) is 0 Å². The van der Waals surface area contributed by atoms with E-state index in [9.17, 15) is 9.59 Å². The van der Waals surface area contributed by atoms with Gasteiger partial charge in [0.2, 0.25) is 5.91 Å². The van der Waals surface area contributed by atoms with E-state index in [-0.39, 0.29) is 29.7 Å². The van der Waals surface area contributed by atoms with Crippen LogP contribution in [0.4, 0.5) is 5.69 Å². The van der Waals surface area contributed by atoms with E-state index in [2.05, 4.69) is 6.92 Å². The molecule has 1 aliphatic rings. The summed E-state index contributed by atoms with van der Waals surface area (Å²) in [5.41, 5.74) is 6.28. The van der Waals surface area contributed by atoms with E-state index in [1.165, 1.54) is 11.0 Å². The van der Waals surface area contributed by atoms with Gasteiger partial charge in [-0.25, -0.2) is 0 Å². The Morgan fingerprint density at radius 1 is 1.42 bits per heavy atom. The molecule has 1 saturated heterocycles. The van der Waals surface area contributed by atoms with Gasteiger partial charge in [-0.2, -0.15) is 0 Å². The van der Waals surface area contributed by atoms with Gasteiger partial charge in [-0.05, 0) is 45.2 Å². The van der Waals surface area contributed by atoms with Gasteiger partial charge in [-0.3, -0.25) is 9.59 Å². The van der Waals surface area contributed by atoms with E-state index in [4.69, 9.17) is 5.73 Å². The van der Waals surface area contributed by atoms with Crippen molar-refractivity contribution in [1.82, 2.24) is 9.47 Å². The smallest absolute Gasteiger partial charge is 0.274 e. The first-order valence-electron chi connectivity index (χ1n) is 6.76. The molecule has 104 valence electrons. The Labute approximate surface area is 113 Å². The molecule has 2 rings (SSSR count). The monoisotopic (exact) mass is 263 g/mol. The number of carbonyl (C=O) groups is 1. The molecule has 0 spiro atoms. The molecule has 0 aromatic carbocycles. The molecule has 1 atom stereocenters. The van der Waals surface area contributed by atoms with E-state index in [0.29, 0.717) is 0 Å². The quantitative estimate of drug-likeness (QED) is 0.870. The normalized spacial score (nSPS) is 19.5. The van der Waals surface area contributed by atoms with Crippen LogP contribution in [0.3, 0.4) is 0 Å². The summed E-state index contributed by atoms with van der Waals surface area (Å²) in [6.45, 7) is 4.75. The zero-order valence-corrected chi connectivity index (χ0v) is 11.6. The summed E-state index contributed by atoms with van der Waals surface area (Å²) in [5, 5.41) is 0. The molecule has 1 amide bonds. The second-order valence-electron chi connectivity index (χ2n) is 5.25. The second kappa shape index (κ2) is 5.47. The van der Waals surface area contributed by atoms with Gasteiger partial charge < -0.3 is 15.2 Å². The Hall–Kier alpha value is -1.78. The SMILES string of the molecule is Cc1ccc(N)c(=O)n1CC(=O)N1CCCC[C@@H]1C. The van der Waals surface area contributed by atoms with Crippen LogP contribution in [0.2, 0.25) is 0 Å². The maximum Gasteiger partial charge on any atom is 0.274 e. The summed E-state index contributed by atoms with van der Waals surface area (Å²) in [5.74, 6) is 0.00278. The summed E-state index contributed by atoms with van der Waals surface area (Å²) in [4.78, 5) is 26.1. The molecule has 19 heavy (non-hydrogen) atoms. The summed E-state index contributed by atoms with van der Waals surface area (Å²) in [6, 6.07) is 3.62. The number of hydrogen-bond acceptors (Lipinski definition) is 3. The maximum atomic E-state index is 12.3. The van der Waals surface area contributed by atoms with E-state index in [1.54, 1.807) is 12.1 Å². The van der Waals surface area contributed by atoms with Crippen LogP contribution in [0.5, 0.6) is 0 Å². The number of likely N-dealkylation sites (tertiary alicyclic amines) is 1. The highest BCUT2D eigenvalue weighted by atomic mass is 16.2. The number of hydrogen-bond donors (Lipinski definition) is 1. The minimum atomic E-state index is -0.280. The van der Waals surface area contributed by atoms with Gasteiger partial charge in [-0.1, -0.05) is 0 Å². The molecule has 1 aromatic heterocycles. The van der Waals surface area contributed by atoms with Gasteiger partial charge in [0.25, 0.3) is 5.56 Å². The Morgan fingerprint density at radius 2 is 2.16 bits per heavy atom. The topological polar surface area (TPSA) is 68.3 Å². The highest BCUT2D eigenvalue weighted by Crippen LogP contribution is 2.16. The van der Waals surface area contributed by atoms with Crippen LogP contribution in [0, 0.1) is 6.92 Å². The molecule has 0 bridgehead atoms. The number of carbonyl (C=O) groups excluding carboxylic acids is 1. The lowest BCUT2D eigenvalue weighted by atomic mass is 10.0. The molecule has 0 unspecified atom stereocenters. The van der Waals surface area contributed by atoms with Gasteiger partial charge in [0.05, 0.1) is 5.69 Å². The lowest BCUT2D eigenvalue weighted by molar-refractivity contribution is -0.135. The van der Waals surface area contributed by atoms with Crippen molar-refractivity contribution in [3.63, 3.8) is 0 Å². The van der Waals surface area contributed by atoms with Crippen molar-refractivity contribution in [3.8, 4) is 0 Å². The molecule has 1 fully saturated rings. The molecule has 5 nitrogen and oxygen atoms in total. The Kier molecular flexibility index (Phi) is 3.93. The van der Waals surface area contributed by atoms with E-state index >= 15 is 0 Å². The lowest BCUT2D eigenvalue weighted by Gasteiger charge is -2.33. The Bertz CT molecular complexity index is 536. The minimum Gasteiger partial charge on any atom is -0.394 e. The number of anilines is 1. The van der Waals surface area contributed by atoms with Gasteiger partial charge in [0.1, 0.15) is 6.54 Å². The molecule has 5 heteroatoms. The summed E-state index contributed by atoms with van der Waals surface area (Å²) in [7, 11) is 0. The van der Waals surface area contributed by atoms with Crippen LogP contribution >= 0.6 is 0 Å². The number of nitrogen functional groups attached to an aromatic ring is 1. The average molecular weight is 263 g/mol. The largest absolute Gasteiger partial charge is 0.394 e. The van der Waals surface area contributed by atoms with Crippen LogP contribution in [0.15, 0.2) is 16.9 Å². The van der Waals surface area contributed by atoms with E-state index in [0.717, 1.165) is 25.1 Å². The first-order valence-corrected chi connectivity index (χ1v) is 6.76.